The van der Waals surface area contributed by atoms with E-state index < -0.39 is 56.5 Å². The number of aliphatic hydroxyl groups is 1. The first-order valence-corrected chi connectivity index (χ1v) is 20.1. The van der Waals surface area contributed by atoms with Crippen LogP contribution in [0, 0.1) is 0 Å². The molecule has 0 atom stereocenters. The number of azo groups is 3. The number of benzene rings is 6. The summed E-state index contributed by atoms with van der Waals surface area (Å²) in [7, 11) is -14.5. The van der Waals surface area contributed by atoms with E-state index in [4.69, 9.17) is 11.5 Å². The molecule has 0 amide bonds. The quantitative estimate of drug-likeness (QED) is 0.0177. The average Bonchev–Trinajstić information content (AvgIpc) is 3.12. The number of anilines is 2. The summed E-state index contributed by atoms with van der Waals surface area (Å²) in [5.74, 6) is -0.916. The number of rotatable bonds is 10. The van der Waals surface area contributed by atoms with Crippen LogP contribution in [-0.2, 0) is 30.4 Å². The van der Waals surface area contributed by atoms with Crippen molar-refractivity contribution in [1.29, 1.82) is 0 Å². The van der Waals surface area contributed by atoms with Gasteiger partial charge in [0.1, 0.15) is 21.2 Å². The summed E-state index contributed by atoms with van der Waals surface area (Å²) in [4.78, 5) is 1.94. The summed E-state index contributed by atoms with van der Waals surface area (Å²) in [6.45, 7) is 1.41. The van der Waals surface area contributed by atoms with Crippen LogP contribution in [0.4, 0.5) is 51.2 Å². The Kier molecular flexibility index (Phi) is 16.8. The van der Waals surface area contributed by atoms with E-state index >= 15 is 0 Å². The average molecular weight is 903 g/mol. The molecule has 20 nitrogen and oxygen atoms in total. The largest absolute Gasteiger partial charge is 0.505 e. The number of nitrogens with zero attached hydrogens (tertiary/aromatic N) is 7. The van der Waals surface area contributed by atoms with Gasteiger partial charge in [0.05, 0.1) is 44.7 Å². The standard InChI is InChI=1S/C34H27N9O11S3.3Na/c1-17(44)37-19-4-6-20(7-5-19)38-40-29-11-10-28(23-9-8-22(14-25(23)29)55(46,47)48)41-43-33-32(57(52,53)54)12-18-2-3-21(13-24(18)34(33)45)39-42-30-16-31(56(49,50)51)27(36)15-26(30)35;;;/h2-16,45H,35-36H2,1H3,(H,37,44)(H,46,47,48)(H,49,50,51)(H,52,53,54);;;. The van der Waals surface area contributed by atoms with Gasteiger partial charge in [-0.2, -0.15) is 35.5 Å². The molecular formula is C34H27N9Na3O11S3. The first-order valence-electron chi connectivity index (χ1n) is 15.8. The third-order valence-corrected chi connectivity index (χ3v) is 10.6. The van der Waals surface area contributed by atoms with Crippen molar-refractivity contribution in [3.63, 3.8) is 0 Å². The van der Waals surface area contributed by atoms with Crippen LogP contribution in [0.25, 0.3) is 21.5 Å². The van der Waals surface area contributed by atoms with E-state index in [2.05, 4.69) is 35.7 Å². The molecule has 0 unspecified atom stereocenters. The molecule has 0 aliphatic heterocycles. The Balaban J connectivity index is 0.00000320. The number of aliphatic imine (C=N–C) groups is 1. The van der Waals surface area contributed by atoms with Gasteiger partial charge < -0.3 is 21.7 Å². The zero-order valence-corrected chi connectivity index (χ0v) is 40.3. The van der Waals surface area contributed by atoms with Gasteiger partial charge in [-0.25, -0.2) is 4.99 Å². The van der Waals surface area contributed by atoms with Gasteiger partial charge in [-0.15, -0.1) is 20.5 Å². The molecule has 60 heavy (non-hydrogen) atoms. The second kappa shape index (κ2) is 20.0. The Labute approximate surface area is 407 Å². The second-order valence-corrected chi connectivity index (χ2v) is 16.1. The van der Waals surface area contributed by atoms with Crippen molar-refractivity contribution >= 4 is 198 Å². The molecule has 0 fully saturated rings. The molecule has 6 aromatic carbocycles. The number of aliphatic hydroxyl groups excluding tert-OH is 1. The minimum Gasteiger partial charge on any atom is -0.505 e. The fourth-order valence-corrected chi connectivity index (χ4v) is 7.12. The van der Waals surface area contributed by atoms with Crippen molar-refractivity contribution in [3.8, 4) is 5.75 Å². The predicted octanol–water partition coefficient (Wildman–Crippen LogP) is 7.31. The summed E-state index contributed by atoms with van der Waals surface area (Å²) in [5.41, 5.74) is 11.2. The van der Waals surface area contributed by atoms with Crippen LogP contribution in [0.5, 0.6) is 5.75 Å². The zero-order chi connectivity index (χ0) is 41.4. The number of hydrogen-bond acceptors (Lipinski definition) is 16. The van der Waals surface area contributed by atoms with Gasteiger partial charge in [0, 0.05) is 112 Å². The molecule has 0 aliphatic rings. The number of phenolic OH excluding ortho intramolecular Hbond substituents is 1. The van der Waals surface area contributed by atoms with E-state index in [1.54, 1.807) is 24.3 Å². The summed E-state index contributed by atoms with van der Waals surface area (Å²) in [6, 6.07) is 19.4. The van der Waals surface area contributed by atoms with Crippen LogP contribution >= 0.6 is 0 Å². The van der Waals surface area contributed by atoms with Crippen LogP contribution in [0.3, 0.4) is 0 Å². The van der Waals surface area contributed by atoms with Gasteiger partial charge in [0.15, 0.2) is 11.6 Å². The van der Waals surface area contributed by atoms with E-state index in [9.17, 15) is 49.1 Å². The van der Waals surface area contributed by atoms with Gasteiger partial charge in [-0.1, -0.05) is 12.1 Å². The minimum absolute atomic E-state index is 0. The Morgan fingerprint density at radius 3 is 1.67 bits per heavy atom. The maximum Gasteiger partial charge on any atom is 0.296 e. The molecule has 0 saturated heterocycles. The molecule has 0 heterocycles. The molecule has 6 rings (SSSR count). The van der Waals surface area contributed by atoms with Crippen LogP contribution in [0.2, 0.25) is 0 Å². The summed E-state index contributed by atoms with van der Waals surface area (Å²) >= 11 is 0. The van der Waals surface area contributed by atoms with Crippen LogP contribution in [-0.4, -0.2) is 144 Å². The summed E-state index contributed by atoms with van der Waals surface area (Å²) < 4.78 is 102. The molecule has 26 heteroatoms. The minimum atomic E-state index is -5.04. The number of hydrogen-bond donors (Lipinski definition) is 7. The topological polar surface area (TPSA) is 342 Å². The fraction of sp³-hybridized carbons (Fsp3) is 0.0294. The zero-order valence-electron chi connectivity index (χ0n) is 31.9. The van der Waals surface area contributed by atoms with Gasteiger partial charge in [0.25, 0.3) is 30.4 Å². The van der Waals surface area contributed by atoms with Gasteiger partial charge in [-0.05, 0) is 84.2 Å². The van der Waals surface area contributed by atoms with Crippen LogP contribution in [0.15, 0.2) is 141 Å². The maximum atomic E-state index is 12.5. The third kappa shape index (κ3) is 11.8. The normalized spacial score (nSPS) is 12.5. The smallest absolute Gasteiger partial charge is 0.296 e. The molecule has 0 saturated carbocycles. The van der Waals surface area contributed by atoms with Crippen molar-refractivity contribution in [2.75, 3.05) is 11.5 Å². The van der Waals surface area contributed by atoms with E-state index in [-0.39, 0.29) is 150 Å². The Hall–Kier alpha value is -3.76. The predicted molar refractivity (Wildman–Crippen MR) is 226 cm³/mol. The van der Waals surface area contributed by atoms with Gasteiger partial charge in [-0.3, -0.25) is 13.7 Å². The van der Waals surface area contributed by atoms with Crippen molar-refractivity contribution in [3.05, 3.63) is 91.0 Å². The second-order valence-electron chi connectivity index (χ2n) is 11.9. The SMILES string of the molecule is CC(O)=Nc1ccc(N=Nc2ccc(N=Nc3c(S(=O)(=O)O)cc4ccc(N=Nc5cc(S(=O)(=O)O)c(N)cc5N)cc4c3O)c3ccc(S(=O)(=O)O)cc23)cc1.[Na].[Na].[Na]. The summed E-state index contributed by atoms with van der Waals surface area (Å²) in [6.07, 6.45) is 0. The molecule has 9 N–H and O–H groups in total. The first kappa shape index (κ1) is 50.6. The molecule has 0 aliphatic carbocycles. The molecule has 6 aromatic rings. The molecule has 0 aromatic heterocycles. The number of aromatic hydroxyl groups is 1. The third-order valence-electron chi connectivity index (χ3n) is 7.94. The monoisotopic (exact) mass is 902 g/mol. The number of nitrogens with two attached hydrogens (primary N) is 2. The molecule has 295 valence electrons. The molecule has 3 radical (unpaired) electrons. The van der Waals surface area contributed by atoms with Crippen molar-refractivity contribution < 1.29 is 49.1 Å². The number of fused-ring (bicyclic) bond motifs is 2. The van der Waals surface area contributed by atoms with Crippen molar-refractivity contribution in [2.45, 2.75) is 21.6 Å². The van der Waals surface area contributed by atoms with E-state index in [1.165, 1.54) is 43.3 Å². The summed E-state index contributed by atoms with van der Waals surface area (Å²) in [5, 5.41) is 45.4. The fourth-order valence-electron chi connectivity index (χ4n) is 5.34. The van der Waals surface area contributed by atoms with E-state index in [1.807, 2.05) is 0 Å². The Bertz CT molecular complexity index is 3110. The maximum absolute atomic E-state index is 12.5. The van der Waals surface area contributed by atoms with Gasteiger partial charge >= 0.3 is 0 Å². The van der Waals surface area contributed by atoms with Crippen molar-refractivity contribution in [2.24, 2.45) is 35.7 Å². The van der Waals surface area contributed by atoms with Crippen LogP contribution < -0.4 is 11.5 Å². The van der Waals surface area contributed by atoms with Crippen LogP contribution in [0.1, 0.15) is 6.92 Å². The molecular weight excluding hydrogens is 876 g/mol. The van der Waals surface area contributed by atoms with Gasteiger partial charge in [0.2, 0.25) is 0 Å². The van der Waals surface area contributed by atoms with Crippen molar-refractivity contribution in [1.82, 2.24) is 0 Å². The number of phenols is 1. The Morgan fingerprint density at radius 1 is 0.517 bits per heavy atom. The van der Waals surface area contributed by atoms with E-state index in [0.29, 0.717) is 11.4 Å². The Morgan fingerprint density at radius 2 is 1.07 bits per heavy atom. The molecule has 0 spiro atoms. The number of nitrogen functional groups attached to an aromatic ring is 2. The van der Waals surface area contributed by atoms with E-state index in [0.717, 1.165) is 30.3 Å². The molecule has 0 bridgehead atoms. The first-order chi connectivity index (χ1) is 26.7.